The minimum absolute atomic E-state index is 0.354. The Morgan fingerprint density at radius 1 is 1.26 bits per heavy atom. The number of fused-ring (bicyclic) bond motifs is 1. The molecule has 3 rings (SSSR count). The maximum atomic E-state index is 11.2. The van der Waals surface area contributed by atoms with Crippen LogP contribution in [0.1, 0.15) is 54.7 Å². The van der Waals surface area contributed by atoms with Crippen molar-refractivity contribution in [2.75, 3.05) is 0 Å². The summed E-state index contributed by atoms with van der Waals surface area (Å²) in [6, 6.07) is 4.08. The van der Waals surface area contributed by atoms with Crippen molar-refractivity contribution in [1.82, 2.24) is 0 Å². The van der Waals surface area contributed by atoms with Gasteiger partial charge in [-0.15, -0.1) is 0 Å². The Balaban J connectivity index is 1.86. The summed E-state index contributed by atoms with van der Waals surface area (Å²) in [7, 11) is 0. The third-order valence-electron chi connectivity index (χ3n) is 4.67. The second-order valence-corrected chi connectivity index (χ2v) is 6.33. The van der Waals surface area contributed by atoms with Gasteiger partial charge in [0.25, 0.3) is 0 Å². The number of aliphatic carboxylic acids is 1. The monoisotopic (exact) mass is 278 g/mol. The minimum atomic E-state index is -0.724. The molecule has 1 fully saturated rings. The summed E-state index contributed by atoms with van der Waals surface area (Å²) in [4.78, 5) is 11.2. The summed E-state index contributed by atoms with van der Waals surface area (Å²) in [5.41, 5.74) is 3.36. The smallest absolute Gasteiger partial charge is 0.310 e. The first-order valence-electron chi connectivity index (χ1n) is 7.19. The van der Waals surface area contributed by atoms with Crippen molar-refractivity contribution in [2.45, 2.75) is 50.9 Å². The molecule has 0 aliphatic heterocycles. The number of aryl methyl sites for hydroxylation is 1. The molecule has 1 N–H and O–H groups in total. The maximum absolute atomic E-state index is 11.2. The Morgan fingerprint density at radius 3 is 2.68 bits per heavy atom. The molecule has 0 aromatic heterocycles. The van der Waals surface area contributed by atoms with Crippen LogP contribution in [-0.4, -0.2) is 11.1 Å². The Hall–Kier alpha value is -1.02. The van der Waals surface area contributed by atoms with Gasteiger partial charge in [0, 0.05) is 5.02 Å². The average Bonchev–Trinajstić information content (AvgIpc) is 2.98. The molecule has 0 bridgehead atoms. The van der Waals surface area contributed by atoms with Crippen LogP contribution in [0.25, 0.3) is 0 Å². The predicted molar refractivity (Wildman–Crippen MR) is 75.8 cm³/mol. The number of hydrogen-bond donors (Lipinski definition) is 1. The van der Waals surface area contributed by atoms with Gasteiger partial charge in [-0.1, -0.05) is 43.4 Å². The van der Waals surface area contributed by atoms with Gasteiger partial charge in [-0.25, -0.2) is 0 Å². The highest BCUT2D eigenvalue weighted by Crippen LogP contribution is 2.38. The van der Waals surface area contributed by atoms with Crippen molar-refractivity contribution in [1.29, 1.82) is 0 Å². The average molecular weight is 279 g/mol. The highest BCUT2D eigenvalue weighted by molar-refractivity contribution is 6.31. The summed E-state index contributed by atoms with van der Waals surface area (Å²) < 4.78 is 0. The van der Waals surface area contributed by atoms with Crippen LogP contribution >= 0.6 is 11.6 Å². The molecule has 1 aromatic carbocycles. The first kappa shape index (κ1) is 13.0. The normalized spacial score (nSPS) is 22.7. The largest absolute Gasteiger partial charge is 0.481 e. The molecule has 3 heteroatoms. The van der Waals surface area contributed by atoms with Crippen molar-refractivity contribution < 1.29 is 9.90 Å². The first-order chi connectivity index (χ1) is 9.15. The number of benzene rings is 1. The molecular formula is C16H19ClO2. The van der Waals surface area contributed by atoms with Crippen molar-refractivity contribution in [3.63, 3.8) is 0 Å². The van der Waals surface area contributed by atoms with E-state index in [0.717, 1.165) is 29.3 Å². The molecule has 0 spiro atoms. The summed E-state index contributed by atoms with van der Waals surface area (Å²) in [5.74, 6) is -0.307. The third kappa shape index (κ3) is 2.51. The number of halogens is 1. The lowest BCUT2D eigenvalue weighted by Gasteiger charge is -2.13. The van der Waals surface area contributed by atoms with Crippen LogP contribution in [0.2, 0.25) is 5.02 Å². The highest BCUT2D eigenvalue weighted by Gasteiger charge is 2.29. The van der Waals surface area contributed by atoms with Crippen LogP contribution in [0.4, 0.5) is 0 Å². The lowest BCUT2D eigenvalue weighted by atomic mass is 9.94. The molecule has 0 heterocycles. The minimum Gasteiger partial charge on any atom is -0.481 e. The molecule has 102 valence electrons. The zero-order chi connectivity index (χ0) is 13.4. The van der Waals surface area contributed by atoms with Gasteiger partial charge in [0.2, 0.25) is 0 Å². The van der Waals surface area contributed by atoms with Crippen LogP contribution in [0, 0.1) is 5.92 Å². The van der Waals surface area contributed by atoms with Gasteiger partial charge >= 0.3 is 5.97 Å². The molecule has 2 aliphatic rings. The zero-order valence-corrected chi connectivity index (χ0v) is 11.7. The molecule has 0 unspecified atom stereocenters. The molecule has 0 radical (unpaired) electrons. The Labute approximate surface area is 118 Å². The van der Waals surface area contributed by atoms with Crippen LogP contribution in [0.3, 0.4) is 0 Å². The Morgan fingerprint density at radius 2 is 2.00 bits per heavy atom. The summed E-state index contributed by atoms with van der Waals surface area (Å²) in [6.07, 6.45) is 7.96. The number of carboxylic acid groups (broad SMARTS) is 1. The number of hydrogen-bond acceptors (Lipinski definition) is 1. The van der Waals surface area contributed by atoms with E-state index >= 15 is 0 Å². The quantitative estimate of drug-likeness (QED) is 0.900. The van der Waals surface area contributed by atoms with Gasteiger partial charge < -0.3 is 5.11 Å². The third-order valence-corrected chi connectivity index (χ3v) is 5.02. The van der Waals surface area contributed by atoms with Gasteiger partial charge in [0.1, 0.15) is 0 Å². The molecule has 0 amide bonds. The lowest BCUT2D eigenvalue weighted by molar-refractivity contribution is -0.138. The van der Waals surface area contributed by atoms with E-state index in [-0.39, 0.29) is 5.92 Å². The molecule has 1 aromatic rings. The van der Waals surface area contributed by atoms with E-state index in [0.29, 0.717) is 6.42 Å². The number of carbonyl (C=O) groups is 1. The highest BCUT2D eigenvalue weighted by atomic mass is 35.5. The fourth-order valence-corrected chi connectivity index (χ4v) is 3.87. The van der Waals surface area contributed by atoms with Crippen LogP contribution in [0.5, 0.6) is 0 Å². The summed E-state index contributed by atoms with van der Waals surface area (Å²) in [5, 5.41) is 9.97. The van der Waals surface area contributed by atoms with Crippen LogP contribution < -0.4 is 0 Å². The lowest BCUT2D eigenvalue weighted by Crippen LogP contribution is -2.08. The van der Waals surface area contributed by atoms with E-state index in [2.05, 4.69) is 6.07 Å². The second-order valence-electron chi connectivity index (χ2n) is 5.93. The molecule has 2 nitrogen and oxygen atoms in total. The van der Waals surface area contributed by atoms with E-state index in [1.807, 2.05) is 6.07 Å². The molecule has 1 atom stereocenters. The van der Waals surface area contributed by atoms with Crippen LogP contribution in [-0.2, 0) is 17.6 Å². The van der Waals surface area contributed by atoms with Crippen molar-refractivity contribution in [3.05, 3.63) is 33.8 Å². The van der Waals surface area contributed by atoms with E-state index < -0.39 is 5.97 Å². The molecular weight excluding hydrogens is 260 g/mol. The van der Waals surface area contributed by atoms with Gasteiger partial charge in [0.15, 0.2) is 0 Å². The zero-order valence-electron chi connectivity index (χ0n) is 11.0. The van der Waals surface area contributed by atoms with E-state index in [9.17, 15) is 9.90 Å². The standard InChI is InChI=1S/C16H19ClO2/c17-15-9-14-11(5-6-13(14)16(18)19)8-12(15)7-10-3-1-2-4-10/h8-10,13H,1-7H2,(H,18,19)/t13-/m0/s1. The molecule has 19 heavy (non-hydrogen) atoms. The number of rotatable bonds is 3. The van der Waals surface area contributed by atoms with E-state index in [4.69, 9.17) is 11.6 Å². The maximum Gasteiger partial charge on any atom is 0.310 e. The molecule has 2 aliphatic carbocycles. The van der Waals surface area contributed by atoms with Crippen molar-refractivity contribution >= 4 is 17.6 Å². The van der Waals surface area contributed by atoms with Crippen molar-refractivity contribution in [2.24, 2.45) is 5.92 Å². The van der Waals surface area contributed by atoms with E-state index in [1.54, 1.807) is 0 Å². The molecule has 0 saturated heterocycles. The number of carboxylic acids is 1. The Kier molecular flexibility index (Phi) is 3.53. The van der Waals surface area contributed by atoms with Gasteiger partial charge in [-0.3, -0.25) is 4.79 Å². The molecule has 1 saturated carbocycles. The van der Waals surface area contributed by atoms with Crippen LogP contribution in [0.15, 0.2) is 12.1 Å². The first-order valence-corrected chi connectivity index (χ1v) is 7.57. The SMILES string of the molecule is O=C(O)[C@H]1CCc2cc(CC3CCCC3)c(Cl)cc21. The van der Waals surface area contributed by atoms with Gasteiger partial charge in [-0.05, 0) is 47.9 Å². The summed E-state index contributed by atoms with van der Waals surface area (Å²) >= 11 is 6.36. The fourth-order valence-electron chi connectivity index (χ4n) is 3.62. The van der Waals surface area contributed by atoms with Gasteiger partial charge in [0.05, 0.1) is 5.92 Å². The second kappa shape index (κ2) is 5.16. The topological polar surface area (TPSA) is 37.3 Å². The van der Waals surface area contributed by atoms with E-state index in [1.165, 1.54) is 36.8 Å². The van der Waals surface area contributed by atoms with Gasteiger partial charge in [-0.2, -0.15) is 0 Å². The fraction of sp³-hybridized carbons (Fsp3) is 0.562. The predicted octanol–water partition coefficient (Wildman–Crippen LogP) is 4.19. The van der Waals surface area contributed by atoms with Crippen molar-refractivity contribution in [3.8, 4) is 0 Å². The Bertz CT molecular complexity index is 504. The summed E-state index contributed by atoms with van der Waals surface area (Å²) in [6.45, 7) is 0.